The fraction of sp³-hybridized carbons (Fsp3) is 0.750. The smallest absolute Gasteiger partial charge is 0.0819 e. The van der Waals surface area contributed by atoms with Crippen LogP contribution in [0.15, 0.2) is 48.6 Å². The molecule has 1 unspecified atom stereocenters. The maximum absolute atomic E-state index is 14.2. The molecule has 0 radical (unpaired) electrons. The first kappa shape index (κ1) is 26.9. The predicted molar refractivity (Wildman–Crippen MR) is 150 cm³/mol. The third-order valence-electron chi connectivity index (χ3n) is 9.29. The number of fused-ring (bicyclic) bond motifs is 9. The Kier molecular flexibility index (Phi) is 11.2. The fourth-order valence-corrected chi connectivity index (χ4v) is 7.49. The van der Waals surface area contributed by atoms with E-state index in [0.717, 1.165) is 44.3 Å². The van der Waals surface area contributed by atoms with Gasteiger partial charge in [-0.25, -0.2) is 0 Å². The molecule has 2 saturated heterocycles. The van der Waals surface area contributed by atoms with Crippen LogP contribution < -0.4 is 0 Å². The van der Waals surface area contributed by atoms with Gasteiger partial charge in [0.1, 0.15) is 0 Å². The van der Waals surface area contributed by atoms with Crippen LogP contribution >= 0.6 is 0 Å². The van der Waals surface area contributed by atoms with Crippen molar-refractivity contribution in [1.82, 2.24) is 4.90 Å². The molecule has 5 heterocycles. The first-order valence-corrected chi connectivity index (χ1v) is 15.1. The van der Waals surface area contributed by atoms with Gasteiger partial charge in [-0.05, 0) is 76.2 Å². The van der Waals surface area contributed by atoms with Gasteiger partial charge in [0.25, 0.3) is 0 Å². The molecule has 5 aliphatic heterocycles. The van der Waals surface area contributed by atoms with Crippen LogP contribution in [0.3, 0.4) is 0 Å². The van der Waals surface area contributed by atoms with Gasteiger partial charge in [-0.2, -0.15) is 0 Å². The number of piperidine rings is 2. The van der Waals surface area contributed by atoms with Gasteiger partial charge < -0.3 is 14.8 Å². The summed E-state index contributed by atoms with van der Waals surface area (Å²) in [4.78, 5) is 2.74. The molecule has 5 rings (SSSR count). The number of nitrogens with zero attached hydrogens (tertiary/aromatic N) is 2. The van der Waals surface area contributed by atoms with Crippen molar-refractivity contribution in [3.05, 3.63) is 53.8 Å². The van der Waals surface area contributed by atoms with E-state index in [4.69, 9.17) is 0 Å². The molecule has 0 saturated carbocycles. The molecule has 0 aliphatic carbocycles. The monoisotopic (exact) mass is 480 g/mol. The number of hydrogen-bond acceptors (Lipinski definition) is 2. The van der Waals surface area contributed by atoms with Gasteiger partial charge in [0.05, 0.1) is 19.6 Å². The predicted octanol–water partition coefficient (Wildman–Crippen LogP) is 7.81. The molecule has 0 N–H and O–H groups in total. The number of allylic oxidation sites excluding steroid dienone is 6. The van der Waals surface area contributed by atoms with Gasteiger partial charge in [-0.15, -0.1) is 0 Å². The maximum Gasteiger partial charge on any atom is 0.0819 e. The Morgan fingerprint density at radius 3 is 2.14 bits per heavy atom. The average Bonchev–Trinajstić information content (AvgIpc) is 2.85. The fourth-order valence-electron chi connectivity index (χ4n) is 7.49. The van der Waals surface area contributed by atoms with E-state index in [2.05, 4.69) is 53.5 Å². The third kappa shape index (κ3) is 9.02. The molecule has 2 fully saturated rings. The minimum absolute atomic E-state index is 0.0696. The van der Waals surface area contributed by atoms with Crippen molar-refractivity contribution in [2.75, 3.05) is 39.3 Å². The zero-order valence-electron chi connectivity index (χ0n) is 22.4. The zero-order valence-corrected chi connectivity index (χ0v) is 22.4. The Hall–Kier alpha value is -1.16. The van der Waals surface area contributed by atoms with Gasteiger partial charge in [0, 0.05) is 31.3 Å². The number of rotatable bonds is 0. The summed E-state index contributed by atoms with van der Waals surface area (Å²) in [7, 11) is 0. The summed E-state index contributed by atoms with van der Waals surface area (Å²) in [5.74, 6) is 2.81. The largest absolute Gasteiger partial charge is 0.633 e. The SMILES string of the molecule is [O-][N@@+]12CC/C=C\C=C/CCCCCC[C@@H]3CN4CC/C=C/C=C\CCCC[C@@H](C[C@H](C1)[C@H]3CC4)C2. The normalized spacial score (nSPS) is 42.0. The lowest BCUT2D eigenvalue weighted by atomic mass is 9.69. The van der Waals surface area contributed by atoms with Crippen molar-refractivity contribution in [3.63, 3.8) is 0 Å². The standard InChI is InChI=1S/C32H52N2O/c35-34-24-18-14-10-6-2-1-3-8-12-16-20-30-26-33-22-17-13-9-5-4-7-11-15-19-29(27-34)25-31(28-34)32(30)21-23-33/h2,4-6,9-10,13-14,29-32H,1,3,7-8,11-12,15-28H2/b5-4-,6-2-,13-9+,14-10-/t29-,30+,31+,32-,34+/m0/s1. The van der Waals surface area contributed by atoms with Crippen molar-refractivity contribution >= 4 is 0 Å². The third-order valence-corrected chi connectivity index (χ3v) is 9.29. The number of hydroxylamine groups is 3. The van der Waals surface area contributed by atoms with Crippen molar-refractivity contribution in [3.8, 4) is 0 Å². The Morgan fingerprint density at radius 1 is 0.629 bits per heavy atom. The van der Waals surface area contributed by atoms with Gasteiger partial charge in [-0.3, -0.25) is 0 Å². The summed E-state index contributed by atoms with van der Waals surface area (Å²) < 4.78 is 0.0696. The highest BCUT2D eigenvalue weighted by Crippen LogP contribution is 2.42. The number of hydrogen-bond donors (Lipinski definition) is 0. The molecule has 6 bridgehead atoms. The van der Waals surface area contributed by atoms with Crippen LogP contribution in [0.2, 0.25) is 0 Å². The summed E-state index contributed by atoms with van der Waals surface area (Å²) in [6.07, 6.45) is 35.8. The van der Waals surface area contributed by atoms with E-state index in [-0.39, 0.29) is 4.65 Å². The van der Waals surface area contributed by atoms with E-state index in [9.17, 15) is 5.21 Å². The molecule has 0 aromatic carbocycles. The lowest BCUT2D eigenvalue weighted by molar-refractivity contribution is -0.893. The van der Waals surface area contributed by atoms with E-state index >= 15 is 0 Å². The molecule has 196 valence electrons. The Balaban J connectivity index is 1.54. The Morgan fingerprint density at radius 2 is 1.31 bits per heavy atom. The number of quaternary nitrogens is 1. The van der Waals surface area contributed by atoms with E-state index in [1.165, 1.54) is 96.7 Å². The minimum Gasteiger partial charge on any atom is -0.633 e. The van der Waals surface area contributed by atoms with Crippen LogP contribution in [0.25, 0.3) is 0 Å². The van der Waals surface area contributed by atoms with Gasteiger partial charge in [0.15, 0.2) is 0 Å². The molecule has 0 aromatic heterocycles. The van der Waals surface area contributed by atoms with Crippen LogP contribution in [0.1, 0.15) is 89.9 Å². The van der Waals surface area contributed by atoms with Crippen LogP contribution in [-0.2, 0) is 0 Å². The first-order chi connectivity index (χ1) is 17.2. The topological polar surface area (TPSA) is 26.3 Å². The van der Waals surface area contributed by atoms with Crippen LogP contribution in [-0.4, -0.2) is 48.8 Å². The molecule has 3 heteroatoms. The molecular formula is C32H52N2O. The van der Waals surface area contributed by atoms with Crippen LogP contribution in [0, 0.1) is 28.9 Å². The Bertz CT molecular complexity index is 725. The lowest BCUT2D eigenvalue weighted by Crippen LogP contribution is -2.56. The van der Waals surface area contributed by atoms with Crippen molar-refractivity contribution in [2.24, 2.45) is 23.7 Å². The highest BCUT2D eigenvalue weighted by molar-refractivity contribution is 5.03. The van der Waals surface area contributed by atoms with Crippen LogP contribution in [0.4, 0.5) is 0 Å². The highest BCUT2D eigenvalue weighted by atomic mass is 16.5. The van der Waals surface area contributed by atoms with Gasteiger partial charge in [-0.1, -0.05) is 74.3 Å². The lowest BCUT2D eigenvalue weighted by Gasteiger charge is -2.54. The van der Waals surface area contributed by atoms with Gasteiger partial charge >= 0.3 is 0 Å². The molecule has 35 heavy (non-hydrogen) atoms. The van der Waals surface area contributed by atoms with Crippen LogP contribution in [0.5, 0.6) is 0 Å². The van der Waals surface area contributed by atoms with E-state index in [1.807, 2.05) is 0 Å². The second-order valence-electron chi connectivity index (χ2n) is 12.1. The summed E-state index contributed by atoms with van der Waals surface area (Å²) in [6.45, 7) is 6.21. The molecule has 6 atom stereocenters. The van der Waals surface area contributed by atoms with Crippen molar-refractivity contribution in [2.45, 2.75) is 89.9 Å². The second kappa shape index (κ2) is 14.5. The second-order valence-corrected chi connectivity index (χ2v) is 12.1. The summed E-state index contributed by atoms with van der Waals surface area (Å²) in [6, 6.07) is 0. The van der Waals surface area contributed by atoms with Gasteiger partial charge in [0.2, 0.25) is 0 Å². The molecule has 0 amide bonds. The minimum atomic E-state index is 0.0696. The summed E-state index contributed by atoms with van der Waals surface area (Å²) in [5, 5.41) is 14.2. The van der Waals surface area contributed by atoms with E-state index < -0.39 is 0 Å². The summed E-state index contributed by atoms with van der Waals surface area (Å²) >= 11 is 0. The maximum atomic E-state index is 14.2. The molecule has 5 aliphatic rings. The first-order valence-electron chi connectivity index (χ1n) is 15.1. The quantitative estimate of drug-likeness (QED) is 0.261. The zero-order chi connectivity index (χ0) is 24.2. The van der Waals surface area contributed by atoms with Crippen molar-refractivity contribution < 1.29 is 4.65 Å². The van der Waals surface area contributed by atoms with E-state index in [1.54, 1.807) is 0 Å². The molecule has 0 aromatic rings. The average molecular weight is 481 g/mol. The van der Waals surface area contributed by atoms with E-state index in [0.29, 0.717) is 11.8 Å². The summed E-state index contributed by atoms with van der Waals surface area (Å²) in [5.41, 5.74) is 0. The molecule has 3 nitrogen and oxygen atoms in total. The molecular weight excluding hydrogens is 428 g/mol. The van der Waals surface area contributed by atoms with Crippen molar-refractivity contribution in [1.29, 1.82) is 0 Å². The molecule has 0 spiro atoms. The highest BCUT2D eigenvalue weighted by Gasteiger charge is 2.42. The Labute approximate surface area is 216 Å².